The molecule has 1 aromatic heterocycles. The van der Waals surface area contributed by atoms with Crippen molar-refractivity contribution < 1.29 is 17.6 Å². The van der Waals surface area contributed by atoms with Crippen LogP contribution >= 0.6 is 0 Å². The number of fused-ring (bicyclic) bond motifs is 1. The molecule has 1 N–H and O–H groups in total. The Hall–Kier alpha value is -2.71. The van der Waals surface area contributed by atoms with Gasteiger partial charge in [-0.25, -0.2) is 13.1 Å². The zero-order valence-corrected chi connectivity index (χ0v) is 16.3. The molecule has 7 nitrogen and oxygen atoms in total. The average Bonchev–Trinajstić information content (AvgIpc) is 3.21. The molecule has 0 bridgehead atoms. The number of hydrogen-bond donors (Lipinski definition) is 1. The van der Waals surface area contributed by atoms with Crippen LogP contribution in [0.5, 0.6) is 5.75 Å². The minimum absolute atomic E-state index is 0.0818. The van der Waals surface area contributed by atoms with Crippen LogP contribution in [0.25, 0.3) is 11.5 Å². The Morgan fingerprint density at radius 1 is 1.07 bits per heavy atom. The van der Waals surface area contributed by atoms with E-state index in [4.69, 9.17) is 9.15 Å². The fourth-order valence-corrected chi connectivity index (χ4v) is 4.40. The molecule has 0 saturated carbocycles. The molecule has 0 fully saturated rings. The molecule has 0 aliphatic heterocycles. The Balaban J connectivity index is 1.49. The molecule has 1 aliphatic carbocycles. The smallest absolute Gasteiger partial charge is 0.251 e. The van der Waals surface area contributed by atoms with Crippen molar-refractivity contribution in [1.82, 2.24) is 14.9 Å². The first kappa shape index (κ1) is 18.6. The number of nitrogens with zero attached hydrogens (tertiary/aromatic N) is 2. The maximum absolute atomic E-state index is 12.6. The molecule has 0 atom stereocenters. The molecule has 4 rings (SSSR count). The summed E-state index contributed by atoms with van der Waals surface area (Å²) in [5, 5.41) is 7.93. The standard InChI is InChI=1S/C20H21N3O4S/c1-26-18-9-5-4-8-17(18)20-23-22-19(27-20)13-21-28(24,25)16-11-10-14-6-2-3-7-15(14)12-16/h4-5,8-12,21H,2-3,6-7,13H2,1H3. The van der Waals surface area contributed by atoms with Gasteiger partial charge in [0.25, 0.3) is 5.89 Å². The maximum Gasteiger partial charge on any atom is 0.251 e. The van der Waals surface area contributed by atoms with Crippen LogP contribution in [0.3, 0.4) is 0 Å². The summed E-state index contributed by atoms with van der Waals surface area (Å²) in [6, 6.07) is 12.6. The van der Waals surface area contributed by atoms with Crippen LogP contribution in [0.15, 0.2) is 51.8 Å². The normalized spacial score (nSPS) is 13.9. The second kappa shape index (κ2) is 7.73. The van der Waals surface area contributed by atoms with Gasteiger partial charge in [-0.05, 0) is 61.1 Å². The third-order valence-corrected chi connectivity index (χ3v) is 6.25. The number of methoxy groups -OCH3 is 1. The molecule has 28 heavy (non-hydrogen) atoms. The molecule has 2 aromatic carbocycles. The Morgan fingerprint density at radius 3 is 2.68 bits per heavy atom. The molecule has 0 unspecified atom stereocenters. The highest BCUT2D eigenvalue weighted by Gasteiger charge is 2.19. The molecule has 1 aliphatic rings. The third kappa shape index (κ3) is 3.79. The van der Waals surface area contributed by atoms with Gasteiger partial charge in [0.05, 0.1) is 24.1 Å². The van der Waals surface area contributed by atoms with Gasteiger partial charge < -0.3 is 9.15 Å². The van der Waals surface area contributed by atoms with E-state index in [0.29, 0.717) is 11.3 Å². The first-order chi connectivity index (χ1) is 13.6. The summed E-state index contributed by atoms with van der Waals surface area (Å²) in [6.07, 6.45) is 4.18. The summed E-state index contributed by atoms with van der Waals surface area (Å²) in [5.74, 6) is 1.07. The van der Waals surface area contributed by atoms with E-state index in [1.807, 2.05) is 18.2 Å². The van der Waals surface area contributed by atoms with Gasteiger partial charge in [-0.3, -0.25) is 0 Å². The van der Waals surface area contributed by atoms with E-state index in [2.05, 4.69) is 14.9 Å². The Labute approximate surface area is 163 Å². The average molecular weight is 399 g/mol. The fourth-order valence-electron chi connectivity index (χ4n) is 3.37. The van der Waals surface area contributed by atoms with Crippen LogP contribution < -0.4 is 9.46 Å². The van der Waals surface area contributed by atoms with Gasteiger partial charge in [0.2, 0.25) is 15.9 Å². The predicted octanol–water partition coefficient (Wildman–Crippen LogP) is 3.10. The molecule has 0 saturated heterocycles. The summed E-state index contributed by atoms with van der Waals surface area (Å²) >= 11 is 0. The summed E-state index contributed by atoms with van der Waals surface area (Å²) in [7, 11) is -2.10. The molecular formula is C20H21N3O4S. The first-order valence-electron chi connectivity index (χ1n) is 9.14. The van der Waals surface area contributed by atoms with Crippen molar-refractivity contribution in [3.05, 3.63) is 59.5 Å². The highest BCUT2D eigenvalue weighted by molar-refractivity contribution is 7.89. The van der Waals surface area contributed by atoms with Gasteiger partial charge >= 0.3 is 0 Å². The molecule has 146 valence electrons. The second-order valence-electron chi connectivity index (χ2n) is 6.66. The fraction of sp³-hybridized carbons (Fsp3) is 0.300. The van der Waals surface area contributed by atoms with Crippen LogP contribution in [-0.4, -0.2) is 25.7 Å². The summed E-state index contributed by atoms with van der Waals surface area (Å²) in [6.45, 7) is -0.0818. The number of aromatic nitrogens is 2. The topological polar surface area (TPSA) is 94.3 Å². The molecule has 1 heterocycles. The van der Waals surface area contributed by atoms with Crippen LogP contribution in [0.4, 0.5) is 0 Å². The van der Waals surface area contributed by atoms with Gasteiger partial charge in [-0.2, -0.15) is 0 Å². The Bertz CT molecular complexity index is 1090. The zero-order chi connectivity index (χ0) is 19.6. The zero-order valence-electron chi connectivity index (χ0n) is 15.5. The number of aryl methyl sites for hydroxylation is 2. The number of para-hydroxylation sites is 1. The number of sulfonamides is 1. The van der Waals surface area contributed by atoms with Gasteiger partial charge in [-0.15, -0.1) is 10.2 Å². The first-order valence-corrected chi connectivity index (χ1v) is 10.6. The molecule has 0 amide bonds. The van der Waals surface area contributed by atoms with E-state index in [0.717, 1.165) is 31.2 Å². The van der Waals surface area contributed by atoms with Gasteiger partial charge in [0, 0.05) is 0 Å². The van der Waals surface area contributed by atoms with E-state index >= 15 is 0 Å². The molecule has 0 radical (unpaired) electrons. The summed E-state index contributed by atoms with van der Waals surface area (Å²) in [5.41, 5.74) is 3.01. The Morgan fingerprint density at radius 2 is 1.86 bits per heavy atom. The number of hydrogen-bond acceptors (Lipinski definition) is 6. The highest BCUT2D eigenvalue weighted by Crippen LogP contribution is 2.28. The largest absolute Gasteiger partial charge is 0.496 e. The van der Waals surface area contributed by atoms with Crippen molar-refractivity contribution in [2.45, 2.75) is 37.1 Å². The number of benzene rings is 2. The lowest BCUT2D eigenvalue weighted by molar-refractivity contribution is 0.413. The quantitative estimate of drug-likeness (QED) is 0.684. The molecular weight excluding hydrogens is 378 g/mol. The van der Waals surface area contributed by atoms with E-state index < -0.39 is 10.0 Å². The number of rotatable bonds is 6. The van der Waals surface area contributed by atoms with E-state index in [1.165, 1.54) is 5.56 Å². The predicted molar refractivity (Wildman–Crippen MR) is 103 cm³/mol. The van der Waals surface area contributed by atoms with Crippen LogP contribution in [0, 0.1) is 0 Å². The highest BCUT2D eigenvalue weighted by atomic mass is 32.2. The molecule has 8 heteroatoms. The third-order valence-electron chi connectivity index (χ3n) is 4.85. The van der Waals surface area contributed by atoms with Crippen molar-refractivity contribution in [3.63, 3.8) is 0 Å². The van der Waals surface area contributed by atoms with Crippen molar-refractivity contribution >= 4 is 10.0 Å². The minimum Gasteiger partial charge on any atom is -0.496 e. The SMILES string of the molecule is COc1ccccc1-c1nnc(CNS(=O)(=O)c2ccc3c(c2)CCCC3)o1. The van der Waals surface area contributed by atoms with Crippen molar-refractivity contribution in [3.8, 4) is 17.2 Å². The van der Waals surface area contributed by atoms with Crippen molar-refractivity contribution in [2.75, 3.05) is 7.11 Å². The maximum atomic E-state index is 12.6. The van der Waals surface area contributed by atoms with Crippen LogP contribution in [-0.2, 0) is 29.4 Å². The van der Waals surface area contributed by atoms with E-state index in [-0.39, 0.29) is 23.2 Å². The van der Waals surface area contributed by atoms with Gasteiger partial charge in [0.15, 0.2) is 0 Å². The van der Waals surface area contributed by atoms with Crippen molar-refractivity contribution in [1.29, 1.82) is 0 Å². The monoisotopic (exact) mass is 399 g/mol. The number of nitrogens with one attached hydrogen (secondary N) is 1. The van der Waals surface area contributed by atoms with Crippen molar-refractivity contribution in [2.24, 2.45) is 0 Å². The van der Waals surface area contributed by atoms with E-state index in [1.54, 1.807) is 31.4 Å². The summed E-state index contributed by atoms with van der Waals surface area (Å²) < 4.78 is 38.7. The second-order valence-corrected chi connectivity index (χ2v) is 8.43. The van der Waals surface area contributed by atoms with Gasteiger partial charge in [0.1, 0.15) is 5.75 Å². The molecule has 0 spiro atoms. The lowest BCUT2D eigenvalue weighted by Crippen LogP contribution is -2.23. The van der Waals surface area contributed by atoms with Gasteiger partial charge in [-0.1, -0.05) is 18.2 Å². The Kier molecular flexibility index (Phi) is 5.15. The van der Waals surface area contributed by atoms with Crippen LogP contribution in [0.1, 0.15) is 29.9 Å². The number of ether oxygens (including phenoxy) is 1. The summed E-state index contributed by atoms with van der Waals surface area (Å²) in [4.78, 5) is 0.262. The van der Waals surface area contributed by atoms with Crippen LogP contribution in [0.2, 0.25) is 0 Å². The minimum atomic E-state index is -3.66. The molecule has 3 aromatic rings. The lowest BCUT2D eigenvalue weighted by Gasteiger charge is -2.16. The lowest BCUT2D eigenvalue weighted by atomic mass is 9.92. The van der Waals surface area contributed by atoms with E-state index in [9.17, 15) is 8.42 Å².